The maximum absolute atomic E-state index is 13.2. The summed E-state index contributed by atoms with van der Waals surface area (Å²) in [7, 11) is 3.54. The minimum atomic E-state index is -0.679. The number of aromatic nitrogens is 2. The van der Waals surface area contributed by atoms with Gasteiger partial charge in [0.2, 0.25) is 5.91 Å². The van der Waals surface area contributed by atoms with Gasteiger partial charge in [0.25, 0.3) is 5.91 Å². The third-order valence-corrected chi connectivity index (χ3v) is 7.14. The fourth-order valence-corrected chi connectivity index (χ4v) is 5.15. The summed E-state index contributed by atoms with van der Waals surface area (Å²) in [5, 5.41) is 3.76. The Morgan fingerprint density at radius 3 is 2.78 bits per heavy atom. The van der Waals surface area contributed by atoms with Crippen molar-refractivity contribution in [3.63, 3.8) is 0 Å². The second kappa shape index (κ2) is 10.2. The summed E-state index contributed by atoms with van der Waals surface area (Å²) < 4.78 is 7.54. The second-order valence-electron chi connectivity index (χ2n) is 9.40. The average molecular weight is 490 g/mol. The lowest BCUT2D eigenvalue weighted by atomic mass is 10.0. The van der Waals surface area contributed by atoms with Gasteiger partial charge >= 0.3 is 0 Å². The number of benzene rings is 1. The molecule has 1 unspecified atom stereocenters. The lowest BCUT2D eigenvalue weighted by Crippen LogP contribution is -2.46. The van der Waals surface area contributed by atoms with Crippen LogP contribution in [0.25, 0.3) is 22.3 Å². The van der Waals surface area contributed by atoms with Crippen LogP contribution in [-0.4, -0.2) is 76.8 Å². The van der Waals surface area contributed by atoms with Crippen molar-refractivity contribution in [2.45, 2.75) is 32.0 Å². The number of amides is 2. The fourth-order valence-electron chi connectivity index (χ4n) is 5.15. The predicted octanol–water partition coefficient (Wildman–Crippen LogP) is 2.12. The van der Waals surface area contributed by atoms with E-state index in [0.717, 1.165) is 67.0 Å². The van der Waals surface area contributed by atoms with Gasteiger partial charge < -0.3 is 24.3 Å². The molecule has 2 amide bonds. The van der Waals surface area contributed by atoms with Gasteiger partial charge in [0.15, 0.2) is 0 Å². The zero-order chi connectivity index (χ0) is 25.2. The van der Waals surface area contributed by atoms with E-state index in [2.05, 4.69) is 22.3 Å². The Morgan fingerprint density at radius 1 is 1.22 bits per heavy atom. The van der Waals surface area contributed by atoms with E-state index in [0.29, 0.717) is 18.5 Å². The monoisotopic (exact) mass is 489 g/mol. The summed E-state index contributed by atoms with van der Waals surface area (Å²) in [6.45, 7) is 4.44. The Bertz CT molecular complexity index is 1310. The number of carbonyl (C=O) groups excluding carboxylic acids is 3. The maximum atomic E-state index is 13.2. The Kier molecular flexibility index (Phi) is 6.84. The molecule has 4 heterocycles. The largest absolute Gasteiger partial charge is 0.379 e. The molecule has 1 fully saturated rings. The van der Waals surface area contributed by atoms with Crippen LogP contribution in [-0.2, 0) is 34.5 Å². The molecule has 0 radical (unpaired) electrons. The highest BCUT2D eigenvalue weighted by Crippen LogP contribution is 2.32. The van der Waals surface area contributed by atoms with Crippen molar-refractivity contribution in [1.29, 1.82) is 0 Å². The number of rotatable bonds is 8. The number of aryl methyl sites for hydroxylation is 1. The van der Waals surface area contributed by atoms with Crippen molar-refractivity contribution >= 4 is 29.1 Å². The summed E-state index contributed by atoms with van der Waals surface area (Å²) in [6.07, 6.45) is 3.33. The number of nitrogens with one attached hydrogen (secondary N) is 1. The minimum Gasteiger partial charge on any atom is -0.379 e. The predicted molar refractivity (Wildman–Crippen MR) is 135 cm³/mol. The molecule has 9 nitrogen and oxygen atoms in total. The molecule has 2 aliphatic rings. The number of pyridine rings is 1. The smallest absolute Gasteiger partial charge is 0.255 e. The summed E-state index contributed by atoms with van der Waals surface area (Å²) in [4.78, 5) is 45.5. The average Bonchev–Trinajstić information content (AvgIpc) is 3.44. The summed E-state index contributed by atoms with van der Waals surface area (Å²) >= 11 is 0. The van der Waals surface area contributed by atoms with Crippen molar-refractivity contribution in [1.82, 2.24) is 24.7 Å². The summed E-state index contributed by atoms with van der Waals surface area (Å²) in [6, 6.07) is 9.33. The molecule has 1 atom stereocenters. The number of aldehydes is 1. The number of ether oxygens (including phenoxy) is 1. The first kappa shape index (κ1) is 24.1. The topological polar surface area (TPSA) is 96.8 Å². The number of nitrogens with zero attached hydrogens (tertiary/aromatic N) is 4. The minimum absolute atomic E-state index is 0.185. The first-order valence-electron chi connectivity index (χ1n) is 12.3. The lowest BCUT2D eigenvalue weighted by molar-refractivity contribution is -0.125. The van der Waals surface area contributed by atoms with Crippen LogP contribution in [0, 0.1) is 0 Å². The quantitative estimate of drug-likeness (QED) is 0.487. The van der Waals surface area contributed by atoms with Gasteiger partial charge in [-0.05, 0) is 41.8 Å². The molecule has 0 bridgehead atoms. The lowest BCUT2D eigenvalue weighted by Gasteiger charge is -2.27. The highest BCUT2D eigenvalue weighted by atomic mass is 16.5. The second-order valence-corrected chi connectivity index (χ2v) is 9.40. The molecular formula is C27H31N5O4. The van der Waals surface area contributed by atoms with E-state index in [-0.39, 0.29) is 18.2 Å². The Morgan fingerprint density at radius 2 is 2.03 bits per heavy atom. The maximum Gasteiger partial charge on any atom is 0.255 e. The van der Waals surface area contributed by atoms with Gasteiger partial charge in [0, 0.05) is 69.4 Å². The number of carbonyl (C=O) groups is 3. The highest BCUT2D eigenvalue weighted by Gasteiger charge is 2.36. The number of hydrogen-bond donors (Lipinski definition) is 1. The normalized spacial score (nSPS) is 16.8. The molecule has 5 rings (SSSR count). The third-order valence-electron chi connectivity index (χ3n) is 7.14. The molecule has 188 valence electrons. The van der Waals surface area contributed by atoms with Gasteiger partial charge in [0.05, 0.1) is 18.9 Å². The van der Waals surface area contributed by atoms with Crippen molar-refractivity contribution in [3.8, 4) is 11.3 Å². The Labute approximate surface area is 210 Å². The van der Waals surface area contributed by atoms with Crippen molar-refractivity contribution < 1.29 is 19.1 Å². The zero-order valence-electron chi connectivity index (χ0n) is 20.7. The summed E-state index contributed by atoms with van der Waals surface area (Å²) in [5.74, 6) is -0.447. The first-order chi connectivity index (χ1) is 17.5. The van der Waals surface area contributed by atoms with E-state index < -0.39 is 6.04 Å². The number of morpholine rings is 1. The molecule has 2 aromatic heterocycles. The molecule has 0 spiro atoms. The molecule has 36 heavy (non-hydrogen) atoms. The van der Waals surface area contributed by atoms with Crippen molar-refractivity contribution in [3.05, 3.63) is 53.2 Å². The van der Waals surface area contributed by atoms with Crippen LogP contribution in [0.1, 0.15) is 34.3 Å². The molecule has 2 aliphatic heterocycles. The molecule has 0 saturated carbocycles. The van der Waals surface area contributed by atoms with Gasteiger partial charge in [-0.15, -0.1) is 0 Å². The molecule has 1 N–H and O–H groups in total. The molecular weight excluding hydrogens is 458 g/mol. The Hall–Kier alpha value is -3.56. The van der Waals surface area contributed by atoms with Gasteiger partial charge in [-0.25, -0.2) is 4.98 Å². The number of fused-ring (bicyclic) bond motifs is 2. The number of hydrogen-bond acceptors (Lipinski definition) is 6. The van der Waals surface area contributed by atoms with Gasteiger partial charge in [-0.2, -0.15) is 0 Å². The van der Waals surface area contributed by atoms with Crippen molar-refractivity contribution in [2.24, 2.45) is 7.05 Å². The van der Waals surface area contributed by atoms with Crippen LogP contribution in [0.4, 0.5) is 0 Å². The molecule has 3 aromatic rings. The van der Waals surface area contributed by atoms with Crippen LogP contribution in [0.15, 0.2) is 36.5 Å². The molecule has 9 heteroatoms. The van der Waals surface area contributed by atoms with Crippen LogP contribution >= 0.6 is 0 Å². The third kappa shape index (κ3) is 4.52. The van der Waals surface area contributed by atoms with Crippen LogP contribution in [0.3, 0.4) is 0 Å². The molecule has 0 aliphatic carbocycles. The molecule has 1 aromatic carbocycles. The van der Waals surface area contributed by atoms with E-state index in [1.165, 1.54) is 5.56 Å². The van der Waals surface area contributed by atoms with Crippen molar-refractivity contribution in [2.75, 3.05) is 33.4 Å². The molecule has 1 saturated heterocycles. The van der Waals surface area contributed by atoms with Gasteiger partial charge in [-0.1, -0.05) is 6.07 Å². The highest BCUT2D eigenvalue weighted by molar-refractivity contribution is 6.01. The number of likely N-dealkylation sites (N-methyl/N-ethyl adjacent to an activating group) is 1. The van der Waals surface area contributed by atoms with Gasteiger partial charge in [0.1, 0.15) is 18.0 Å². The van der Waals surface area contributed by atoms with Gasteiger partial charge in [-0.3, -0.25) is 14.5 Å². The first-order valence-corrected chi connectivity index (χ1v) is 12.3. The van der Waals surface area contributed by atoms with Crippen LogP contribution in [0.2, 0.25) is 0 Å². The van der Waals surface area contributed by atoms with E-state index in [9.17, 15) is 14.4 Å². The van der Waals surface area contributed by atoms with Crippen LogP contribution in [0.5, 0.6) is 0 Å². The van der Waals surface area contributed by atoms with E-state index in [1.807, 2.05) is 36.0 Å². The van der Waals surface area contributed by atoms with Crippen LogP contribution < -0.4 is 5.32 Å². The Balaban J connectivity index is 1.47. The fraction of sp³-hybridized carbons (Fsp3) is 0.407. The SMILES string of the molecule is CNC(=O)C(CCC=O)N1Cc2cc(-c3cc(CN4CCOCC4)c4ccn(C)c4n3)ccc2C1=O. The van der Waals surface area contributed by atoms with E-state index in [4.69, 9.17) is 9.72 Å². The van der Waals surface area contributed by atoms with E-state index >= 15 is 0 Å². The van der Waals surface area contributed by atoms with E-state index in [1.54, 1.807) is 11.9 Å². The zero-order valence-corrected chi connectivity index (χ0v) is 20.7. The summed E-state index contributed by atoms with van der Waals surface area (Å²) in [5.41, 5.74) is 5.36. The standard InChI is InChI=1S/C27H31N5O4/c1-28-26(34)24(4-3-11-33)32-17-19-14-18(5-6-22(19)27(32)35)23-15-20(16-31-9-12-36-13-10-31)21-7-8-30(2)25(21)29-23/h5-8,11,14-15,24H,3-4,9-10,12-13,16-17H2,1-2H3,(H,28,34).